The second kappa shape index (κ2) is 7.59. The molecule has 5 nitrogen and oxygen atoms in total. The lowest BCUT2D eigenvalue weighted by Crippen LogP contribution is -2.14. The van der Waals surface area contributed by atoms with Gasteiger partial charge in [-0.2, -0.15) is 0 Å². The fourth-order valence-corrected chi connectivity index (χ4v) is 2.11. The third kappa shape index (κ3) is 4.72. The maximum atomic E-state index is 11.9. The number of nitrogens with two attached hydrogens (primary N) is 1. The second-order valence-electron chi connectivity index (χ2n) is 5.21. The Balaban J connectivity index is 1.84. The van der Waals surface area contributed by atoms with Crippen molar-refractivity contribution in [2.24, 2.45) is 11.7 Å². The summed E-state index contributed by atoms with van der Waals surface area (Å²) in [6.45, 7) is 2.79. The van der Waals surface area contributed by atoms with Crippen molar-refractivity contribution in [2.45, 2.75) is 26.2 Å². The van der Waals surface area contributed by atoms with Crippen LogP contribution >= 0.6 is 0 Å². The van der Waals surface area contributed by atoms with Crippen LogP contribution in [0.15, 0.2) is 41.3 Å². The predicted octanol–water partition coefficient (Wildman–Crippen LogP) is 3.05. The molecule has 2 rings (SSSR count). The lowest BCUT2D eigenvalue weighted by atomic mass is 10.0. The van der Waals surface area contributed by atoms with Crippen LogP contribution in [0.1, 0.15) is 26.2 Å². The first kappa shape index (κ1) is 15.3. The zero-order valence-corrected chi connectivity index (χ0v) is 12.2. The minimum absolute atomic E-state index is 0.0336. The Bertz CT molecular complexity index is 549. The topological polar surface area (TPSA) is 81.2 Å². The lowest BCUT2D eigenvalue weighted by molar-refractivity contribution is -0.116. The Kier molecular flexibility index (Phi) is 5.51. The SMILES string of the molecule is CC(CCN)CCC(=O)Nc1ccc(-c2cnco2)cc1. The molecule has 0 saturated carbocycles. The summed E-state index contributed by atoms with van der Waals surface area (Å²) >= 11 is 0. The van der Waals surface area contributed by atoms with Crippen LogP contribution in [0.4, 0.5) is 5.69 Å². The molecule has 0 aliphatic heterocycles. The summed E-state index contributed by atoms with van der Waals surface area (Å²) in [6, 6.07) is 7.51. The maximum Gasteiger partial charge on any atom is 0.224 e. The molecule has 3 N–H and O–H groups in total. The molecule has 0 saturated heterocycles. The van der Waals surface area contributed by atoms with Gasteiger partial charge in [0, 0.05) is 17.7 Å². The van der Waals surface area contributed by atoms with E-state index in [9.17, 15) is 4.79 Å². The number of anilines is 1. The second-order valence-corrected chi connectivity index (χ2v) is 5.21. The summed E-state index contributed by atoms with van der Waals surface area (Å²) in [6.07, 6.45) is 5.39. The standard InChI is InChI=1S/C16H21N3O2/c1-12(8-9-17)2-7-16(20)19-14-5-3-13(4-6-14)15-10-18-11-21-15/h3-6,10-12H,2,7-9,17H2,1H3,(H,19,20). The number of rotatable bonds is 7. The molecule has 1 aromatic heterocycles. The number of amides is 1. The summed E-state index contributed by atoms with van der Waals surface area (Å²) < 4.78 is 5.22. The molecule has 1 heterocycles. The van der Waals surface area contributed by atoms with Crippen molar-refractivity contribution in [3.05, 3.63) is 36.9 Å². The highest BCUT2D eigenvalue weighted by Gasteiger charge is 2.07. The number of aromatic nitrogens is 1. The molecule has 5 heteroatoms. The highest BCUT2D eigenvalue weighted by atomic mass is 16.3. The zero-order valence-electron chi connectivity index (χ0n) is 12.2. The minimum atomic E-state index is 0.0336. The molecule has 0 aliphatic rings. The number of nitrogens with one attached hydrogen (secondary N) is 1. The van der Waals surface area contributed by atoms with Gasteiger partial charge in [0.15, 0.2) is 12.2 Å². The van der Waals surface area contributed by atoms with Crippen molar-refractivity contribution in [3.63, 3.8) is 0 Å². The molecule has 1 unspecified atom stereocenters. The average Bonchev–Trinajstić information content (AvgIpc) is 3.00. The van der Waals surface area contributed by atoms with E-state index < -0.39 is 0 Å². The van der Waals surface area contributed by atoms with Crippen molar-refractivity contribution in [1.29, 1.82) is 0 Å². The first-order valence-corrected chi connectivity index (χ1v) is 7.18. The van der Waals surface area contributed by atoms with E-state index >= 15 is 0 Å². The van der Waals surface area contributed by atoms with E-state index in [2.05, 4.69) is 17.2 Å². The average molecular weight is 287 g/mol. The van der Waals surface area contributed by atoms with Crippen molar-refractivity contribution in [1.82, 2.24) is 4.98 Å². The molecule has 0 fully saturated rings. The molecule has 0 bridgehead atoms. The van der Waals surface area contributed by atoms with E-state index in [-0.39, 0.29) is 5.91 Å². The molecule has 0 radical (unpaired) electrons. The summed E-state index contributed by atoms with van der Waals surface area (Å²) in [4.78, 5) is 15.7. The molecule has 0 aliphatic carbocycles. The van der Waals surface area contributed by atoms with Crippen LogP contribution in [0, 0.1) is 5.92 Å². The van der Waals surface area contributed by atoms with Crippen molar-refractivity contribution < 1.29 is 9.21 Å². The summed E-state index contributed by atoms with van der Waals surface area (Å²) in [5.74, 6) is 1.23. The highest BCUT2D eigenvalue weighted by molar-refractivity contribution is 5.90. The van der Waals surface area contributed by atoms with Crippen LogP contribution in [0.5, 0.6) is 0 Å². The van der Waals surface area contributed by atoms with Gasteiger partial charge in [-0.05, 0) is 49.6 Å². The molecule has 21 heavy (non-hydrogen) atoms. The van der Waals surface area contributed by atoms with Crippen LogP contribution in [0.25, 0.3) is 11.3 Å². The Morgan fingerprint density at radius 2 is 2.10 bits per heavy atom. The van der Waals surface area contributed by atoms with Gasteiger partial charge >= 0.3 is 0 Å². The van der Waals surface area contributed by atoms with Crippen LogP contribution in [-0.2, 0) is 4.79 Å². The number of carbonyl (C=O) groups excluding carboxylic acids is 1. The highest BCUT2D eigenvalue weighted by Crippen LogP contribution is 2.21. The Morgan fingerprint density at radius 1 is 1.33 bits per heavy atom. The first-order valence-electron chi connectivity index (χ1n) is 7.18. The monoisotopic (exact) mass is 287 g/mol. The van der Waals surface area contributed by atoms with Gasteiger partial charge in [-0.3, -0.25) is 4.79 Å². The number of nitrogens with zero attached hydrogens (tertiary/aromatic N) is 1. The molecule has 112 valence electrons. The number of carbonyl (C=O) groups is 1. The van der Waals surface area contributed by atoms with Crippen LogP contribution < -0.4 is 11.1 Å². The fraction of sp³-hybridized carbons (Fsp3) is 0.375. The molecule has 2 aromatic rings. The van der Waals surface area contributed by atoms with E-state index in [1.54, 1.807) is 6.20 Å². The molecule has 1 aromatic carbocycles. The largest absolute Gasteiger partial charge is 0.444 e. The quantitative estimate of drug-likeness (QED) is 0.820. The van der Waals surface area contributed by atoms with E-state index in [0.29, 0.717) is 24.6 Å². The summed E-state index contributed by atoms with van der Waals surface area (Å²) in [7, 11) is 0. The molecular formula is C16H21N3O2. The lowest BCUT2D eigenvalue weighted by Gasteiger charge is -2.10. The van der Waals surface area contributed by atoms with Crippen molar-refractivity contribution in [2.75, 3.05) is 11.9 Å². The Morgan fingerprint density at radius 3 is 2.71 bits per heavy atom. The minimum Gasteiger partial charge on any atom is -0.444 e. The number of hydrogen-bond donors (Lipinski definition) is 2. The van der Waals surface area contributed by atoms with Gasteiger partial charge in [-0.1, -0.05) is 6.92 Å². The molecular weight excluding hydrogens is 266 g/mol. The van der Waals surface area contributed by atoms with E-state index in [0.717, 1.165) is 24.1 Å². The van der Waals surface area contributed by atoms with Gasteiger partial charge in [0.25, 0.3) is 0 Å². The maximum absolute atomic E-state index is 11.9. The fourth-order valence-electron chi connectivity index (χ4n) is 2.11. The summed E-state index contributed by atoms with van der Waals surface area (Å²) in [5, 5.41) is 2.90. The first-order chi connectivity index (χ1) is 10.2. The van der Waals surface area contributed by atoms with E-state index in [1.165, 1.54) is 6.39 Å². The normalized spacial score (nSPS) is 12.1. The summed E-state index contributed by atoms with van der Waals surface area (Å²) in [5.41, 5.74) is 7.22. The van der Waals surface area contributed by atoms with Gasteiger partial charge in [-0.15, -0.1) is 0 Å². The molecule has 1 amide bonds. The van der Waals surface area contributed by atoms with Gasteiger partial charge < -0.3 is 15.5 Å². The number of benzene rings is 1. The number of oxazole rings is 1. The Labute approximate surface area is 124 Å². The third-order valence-corrected chi connectivity index (χ3v) is 3.41. The van der Waals surface area contributed by atoms with Crippen molar-refractivity contribution >= 4 is 11.6 Å². The number of hydrogen-bond acceptors (Lipinski definition) is 4. The predicted molar refractivity (Wildman–Crippen MR) is 82.6 cm³/mol. The molecule has 1 atom stereocenters. The van der Waals surface area contributed by atoms with Gasteiger partial charge in [0.2, 0.25) is 5.91 Å². The van der Waals surface area contributed by atoms with Crippen LogP contribution in [0.2, 0.25) is 0 Å². The smallest absolute Gasteiger partial charge is 0.224 e. The van der Waals surface area contributed by atoms with Crippen LogP contribution in [0.3, 0.4) is 0 Å². The van der Waals surface area contributed by atoms with E-state index in [1.807, 2.05) is 24.3 Å². The molecule has 0 spiro atoms. The van der Waals surface area contributed by atoms with Gasteiger partial charge in [0.05, 0.1) is 6.20 Å². The van der Waals surface area contributed by atoms with Crippen LogP contribution in [-0.4, -0.2) is 17.4 Å². The van der Waals surface area contributed by atoms with Gasteiger partial charge in [0.1, 0.15) is 0 Å². The van der Waals surface area contributed by atoms with Crippen molar-refractivity contribution in [3.8, 4) is 11.3 Å². The third-order valence-electron chi connectivity index (χ3n) is 3.41. The Hall–Kier alpha value is -2.14. The van der Waals surface area contributed by atoms with Gasteiger partial charge in [-0.25, -0.2) is 4.98 Å². The van der Waals surface area contributed by atoms with E-state index in [4.69, 9.17) is 10.2 Å². The zero-order chi connectivity index (χ0) is 15.1.